The molecule has 8 nitrogen and oxygen atoms in total. The Kier molecular flexibility index (Phi) is 12.0. The summed E-state index contributed by atoms with van der Waals surface area (Å²) in [6.07, 6.45) is 0.970. The first-order valence-electron chi connectivity index (χ1n) is 15.1. The number of anilines is 1. The number of methoxy groups -OCH3 is 1. The number of ether oxygens (including phenoxy) is 1. The lowest BCUT2D eigenvalue weighted by Crippen LogP contribution is -2.53. The maximum absolute atomic E-state index is 14.6. The van der Waals surface area contributed by atoms with E-state index in [0.717, 1.165) is 37.5 Å². The third-order valence-corrected chi connectivity index (χ3v) is 9.88. The van der Waals surface area contributed by atoms with Crippen molar-refractivity contribution in [1.29, 1.82) is 0 Å². The van der Waals surface area contributed by atoms with Crippen LogP contribution in [0.5, 0.6) is 5.75 Å². The van der Waals surface area contributed by atoms with Crippen LogP contribution in [0.3, 0.4) is 0 Å². The third-order valence-electron chi connectivity index (χ3n) is 7.58. The second-order valence-electron chi connectivity index (χ2n) is 11.1. The van der Waals surface area contributed by atoms with E-state index in [2.05, 4.69) is 21.2 Å². The van der Waals surface area contributed by atoms with Gasteiger partial charge < -0.3 is 15.0 Å². The monoisotopic (exact) mass is 705 g/mol. The van der Waals surface area contributed by atoms with Crippen LogP contribution in [0.2, 0.25) is 0 Å². The van der Waals surface area contributed by atoms with Crippen molar-refractivity contribution in [3.63, 3.8) is 0 Å². The van der Waals surface area contributed by atoms with Crippen LogP contribution in [0.4, 0.5) is 5.69 Å². The van der Waals surface area contributed by atoms with E-state index in [1.54, 1.807) is 24.3 Å². The Morgan fingerprint density at radius 2 is 1.52 bits per heavy atom. The molecular weight excluding hydrogens is 666 g/mol. The lowest BCUT2D eigenvalue weighted by atomic mass is 10.0. The van der Waals surface area contributed by atoms with Gasteiger partial charge in [0.25, 0.3) is 10.0 Å². The molecule has 4 rings (SSSR count). The number of sulfonamides is 1. The number of hydrogen-bond acceptors (Lipinski definition) is 5. The highest BCUT2D eigenvalue weighted by atomic mass is 79.9. The highest BCUT2D eigenvalue weighted by Crippen LogP contribution is 2.34. The van der Waals surface area contributed by atoms with Gasteiger partial charge in [-0.05, 0) is 73.4 Å². The summed E-state index contributed by atoms with van der Waals surface area (Å²) in [4.78, 5) is 29.9. The zero-order chi connectivity index (χ0) is 33.3. The molecule has 0 unspecified atom stereocenters. The van der Waals surface area contributed by atoms with Crippen molar-refractivity contribution < 1.29 is 22.7 Å². The lowest BCUT2D eigenvalue weighted by Gasteiger charge is -2.34. The number of rotatable bonds is 14. The number of halogens is 1. The molecule has 0 radical (unpaired) electrons. The molecule has 1 N–H and O–H groups in total. The van der Waals surface area contributed by atoms with Crippen LogP contribution >= 0.6 is 15.9 Å². The minimum absolute atomic E-state index is 0.0374. The highest BCUT2D eigenvalue weighted by molar-refractivity contribution is 9.10. The molecule has 0 aliphatic rings. The number of nitrogens with one attached hydrogen (secondary N) is 1. The van der Waals surface area contributed by atoms with Crippen molar-refractivity contribution in [2.24, 2.45) is 0 Å². The Bertz CT molecular complexity index is 1730. The smallest absolute Gasteiger partial charge is 0.264 e. The van der Waals surface area contributed by atoms with Crippen LogP contribution in [0.25, 0.3) is 0 Å². The van der Waals surface area contributed by atoms with Crippen LogP contribution in [-0.4, -0.2) is 51.4 Å². The van der Waals surface area contributed by atoms with Crippen molar-refractivity contribution in [3.8, 4) is 5.75 Å². The molecular formula is C36H40BrN3O5S. The largest absolute Gasteiger partial charge is 0.495 e. The van der Waals surface area contributed by atoms with Crippen LogP contribution in [0.15, 0.2) is 106 Å². The normalized spacial score (nSPS) is 11.8. The molecule has 4 aromatic rings. The summed E-state index contributed by atoms with van der Waals surface area (Å²) in [6.45, 7) is 5.65. The van der Waals surface area contributed by atoms with Gasteiger partial charge in [0, 0.05) is 24.0 Å². The van der Waals surface area contributed by atoms with Crippen molar-refractivity contribution in [1.82, 2.24) is 10.2 Å². The maximum atomic E-state index is 14.6. The molecule has 0 bridgehead atoms. The first-order valence-corrected chi connectivity index (χ1v) is 17.4. The summed E-state index contributed by atoms with van der Waals surface area (Å²) >= 11 is 3.46. The number of benzene rings is 4. The van der Waals surface area contributed by atoms with Crippen LogP contribution < -0.4 is 14.4 Å². The molecule has 46 heavy (non-hydrogen) atoms. The van der Waals surface area contributed by atoms with E-state index in [1.165, 1.54) is 24.1 Å². The topological polar surface area (TPSA) is 96.0 Å². The van der Waals surface area contributed by atoms with E-state index >= 15 is 0 Å². The van der Waals surface area contributed by atoms with E-state index in [9.17, 15) is 18.0 Å². The number of amides is 2. The summed E-state index contributed by atoms with van der Waals surface area (Å²) in [5, 5.41) is 2.96. The fourth-order valence-electron chi connectivity index (χ4n) is 5.05. The standard InChI is InChI=1S/C36H40BrN3O5S/c1-5-21-38-36(42)33(23-28-9-7-6-8-10-28)39(24-29-14-16-30(37)17-15-29)35(41)25-40(32-22-27(3)13-20-34(32)45-4)46(43,44)31-18-11-26(2)12-19-31/h6-20,22,33H,5,21,23-25H2,1-4H3,(H,38,42)/t33-/m0/s1. The van der Waals surface area contributed by atoms with E-state index in [-0.39, 0.29) is 29.5 Å². The molecule has 1 atom stereocenters. The number of aryl methyl sites for hydroxylation is 2. The van der Waals surface area contributed by atoms with Gasteiger partial charge in [-0.25, -0.2) is 8.42 Å². The Balaban J connectivity index is 1.84. The molecule has 0 spiro atoms. The summed E-state index contributed by atoms with van der Waals surface area (Å²) in [5.41, 5.74) is 3.59. The van der Waals surface area contributed by atoms with Gasteiger partial charge in [-0.2, -0.15) is 0 Å². The average molecular weight is 707 g/mol. The molecule has 0 saturated carbocycles. The summed E-state index contributed by atoms with van der Waals surface area (Å²) in [7, 11) is -2.79. The van der Waals surface area contributed by atoms with Gasteiger partial charge in [-0.15, -0.1) is 0 Å². The molecule has 4 aromatic carbocycles. The number of carbonyl (C=O) groups is 2. The average Bonchev–Trinajstić information content (AvgIpc) is 3.05. The Morgan fingerprint density at radius 3 is 2.15 bits per heavy atom. The van der Waals surface area contributed by atoms with E-state index in [1.807, 2.05) is 81.4 Å². The Morgan fingerprint density at radius 1 is 0.870 bits per heavy atom. The second kappa shape index (κ2) is 15.9. The van der Waals surface area contributed by atoms with Gasteiger partial charge in [0.15, 0.2) is 0 Å². The van der Waals surface area contributed by atoms with E-state index < -0.39 is 28.5 Å². The number of carbonyl (C=O) groups excluding carboxylic acids is 2. The van der Waals surface area contributed by atoms with Crippen LogP contribution in [0.1, 0.15) is 35.6 Å². The molecule has 0 heterocycles. The zero-order valence-corrected chi connectivity index (χ0v) is 29.0. The molecule has 0 aliphatic heterocycles. The Labute approximate surface area is 280 Å². The van der Waals surface area contributed by atoms with Crippen molar-refractivity contribution in [3.05, 3.63) is 124 Å². The van der Waals surface area contributed by atoms with E-state index in [4.69, 9.17) is 4.74 Å². The van der Waals surface area contributed by atoms with Gasteiger partial charge in [0.2, 0.25) is 11.8 Å². The van der Waals surface area contributed by atoms with Gasteiger partial charge >= 0.3 is 0 Å². The molecule has 0 fully saturated rings. The fraction of sp³-hybridized carbons (Fsp3) is 0.278. The molecule has 2 amide bonds. The molecule has 10 heteroatoms. The van der Waals surface area contributed by atoms with Crippen molar-refractivity contribution in [2.75, 3.05) is 24.5 Å². The second-order valence-corrected chi connectivity index (χ2v) is 13.9. The predicted molar refractivity (Wildman–Crippen MR) is 185 cm³/mol. The molecule has 0 aliphatic carbocycles. The van der Waals surface area contributed by atoms with Gasteiger partial charge in [0.1, 0.15) is 18.3 Å². The summed E-state index contributed by atoms with van der Waals surface area (Å²) < 4.78 is 36.2. The lowest BCUT2D eigenvalue weighted by molar-refractivity contribution is -0.140. The van der Waals surface area contributed by atoms with E-state index in [0.29, 0.717) is 12.3 Å². The first-order chi connectivity index (χ1) is 22.0. The fourth-order valence-corrected chi connectivity index (χ4v) is 6.73. The number of hydrogen-bond donors (Lipinski definition) is 1. The van der Waals surface area contributed by atoms with Gasteiger partial charge in [-0.3, -0.25) is 13.9 Å². The minimum Gasteiger partial charge on any atom is -0.495 e. The summed E-state index contributed by atoms with van der Waals surface area (Å²) in [5.74, 6) is -0.540. The quantitative estimate of drug-likeness (QED) is 0.163. The Hall–Kier alpha value is -4.15. The van der Waals surface area contributed by atoms with Crippen LogP contribution in [0, 0.1) is 13.8 Å². The number of nitrogens with zero attached hydrogens (tertiary/aromatic N) is 2. The van der Waals surface area contributed by atoms with Gasteiger partial charge in [-0.1, -0.05) is 89.1 Å². The zero-order valence-electron chi connectivity index (χ0n) is 26.6. The van der Waals surface area contributed by atoms with Gasteiger partial charge in [0.05, 0.1) is 17.7 Å². The molecule has 0 saturated heterocycles. The van der Waals surface area contributed by atoms with Crippen molar-refractivity contribution >= 4 is 43.5 Å². The SMILES string of the molecule is CCCNC(=O)[C@H](Cc1ccccc1)N(Cc1ccc(Br)cc1)C(=O)CN(c1cc(C)ccc1OC)S(=O)(=O)c1ccc(C)cc1. The van der Waals surface area contributed by atoms with Crippen LogP contribution in [-0.2, 0) is 32.6 Å². The summed E-state index contributed by atoms with van der Waals surface area (Å²) in [6, 6.07) is 27.7. The molecule has 0 aromatic heterocycles. The highest BCUT2D eigenvalue weighted by Gasteiger charge is 2.35. The minimum atomic E-state index is -4.25. The third kappa shape index (κ3) is 8.76. The van der Waals surface area contributed by atoms with Crippen molar-refractivity contribution in [2.45, 2.75) is 51.1 Å². The first kappa shape index (κ1) is 34.7. The predicted octanol–water partition coefficient (Wildman–Crippen LogP) is 6.44. The molecule has 242 valence electrons. The maximum Gasteiger partial charge on any atom is 0.264 e.